The van der Waals surface area contributed by atoms with Gasteiger partial charge in [0.15, 0.2) is 0 Å². The molecule has 0 aromatic rings. The second kappa shape index (κ2) is 8.81. The molecule has 1 atom stereocenters. The van der Waals surface area contributed by atoms with E-state index in [2.05, 4.69) is 26.1 Å². The van der Waals surface area contributed by atoms with Crippen LogP contribution in [0.2, 0.25) is 0 Å². The summed E-state index contributed by atoms with van der Waals surface area (Å²) >= 11 is 1.95. The van der Waals surface area contributed by atoms with Gasteiger partial charge in [-0.05, 0) is 12.8 Å². The van der Waals surface area contributed by atoms with E-state index in [-0.39, 0.29) is 0 Å². The van der Waals surface area contributed by atoms with Crippen LogP contribution in [-0.4, -0.2) is 48.0 Å². The fourth-order valence-electron chi connectivity index (χ4n) is 2.36. The highest BCUT2D eigenvalue weighted by Crippen LogP contribution is 2.14. The number of nitrogens with zero attached hydrogens (tertiary/aromatic N) is 1. The second-order valence-corrected chi connectivity index (χ2v) is 6.19. The molecule has 1 aliphatic rings. The van der Waals surface area contributed by atoms with Gasteiger partial charge in [0, 0.05) is 43.6 Å². The first-order chi connectivity index (χ1) is 8.71. The Hall–Kier alpha value is -0.220. The van der Waals surface area contributed by atoms with E-state index in [1.165, 1.54) is 5.75 Å². The van der Waals surface area contributed by atoms with E-state index in [4.69, 9.17) is 0 Å². The molecule has 0 radical (unpaired) electrons. The maximum atomic E-state index is 12.3. The molecular formula is C14H28N2OS. The standard InChI is InChI=1S/C14H28N2OS/c1-4-12(5-2)10-16(6-3)14(17)9-13-11-18-8-7-15-13/h12-13,15H,4-11H2,1-3H3. The van der Waals surface area contributed by atoms with Crippen LogP contribution in [0.5, 0.6) is 0 Å². The Balaban J connectivity index is 2.40. The third-order valence-electron chi connectivity index (χ3n) is 3.79. The molecular weight excluding hydrogens is 244 g/mol. The van der Waals surface area contributed by atoms with Crippen LogP contribution in [-0.2, 0) is 4.79 Å². The van der Waals surface area contributed by atoms with Crippen LogP contribution >= 0.6 is 11.8 Å². The lowest BCUT2D eigenvalue weighted by atomic mass is 10.0. The Kier molecular flexibility index (Phi) is 7.75. The molecule has 3 nitrogen and oxygen atoms in total. The van der Waals surface area contributed by atoms with Crippen LogP contribution in [0.1, 0.15) is 40.0 Å². The van der Waals surface area contributed by atoms with E-state index in [1.807, 2.05) is 16.7 Å². The van der Waals surface area contributed by atoms with Gasteiger partial charge in [0.25, 0.3) is 0 Å². The van der Waals surface area contributed by atoms with Crippen molar-refractivity contribution in [1.82, 2.24) is 10.2 Å². The molecule has 0 bridgehead atoms. The lowest BCUT2D eigenvalue weighted by molar-refractivity contribution is -0.132. The summed E-state index contributed by atoms with van der Waals surface area (Å²) in [5.74, 6) is 3.23. The number of carbonyl (C=O) groups excluding carboxylic acids is 1. The maximum Gasteiger partial charge on any atom is 0.224 e. The lowest BCUT2D eigenvalue weighted by Crippen LogP contribution is -2.43. The second-order valence-electron chi connectivity index (χ2n) is 5.04. The van der Waals surface area contributed by atoms with Crippen LogP contribution in [0.4, 0.5) is 0 Å². The van der Waals surface area contributed by atoms with Crippen LogP contribution in [0.25, 0.3) is 0 Å². The first-order valence-corrected chi connectivity index (χ1v) is 8.45. The van der Waals surface area contributed by atoms with Crippen LogP contribution in [0, 0.1) is 5.92 Å². The highest BCUT2D eigenvalue weighted by molar-refractivity contribution is 7.99. The number of nitrogens with one attached hydrogen (secondary N) is 1. The van der Waals surface area contributed by atoms with E-state index in [0.717, 1.165) is 38.2 Å². The van der Waals surface area contributed by atoms with Crippen molar-refractivity contribution in [3.63, 3.8) is 0 Å². The van der Waals surface area contributed by atoms with E-state index in [0.29, 0.717) is 24.3 Å². The van der Waals surface area contributed by atoms with Gasteiger partial charge in [0.05, 0.1) is 0 Å². The van der Waals surface area contributed by atoms with Gasteiger partial charge in [-0.25, -0.2) is 0 Å². The minimum atomic E-state index is 0.324. The first-order valence-electron chi connectivity index (χ1n) is 7.30. The maximum absolute atomic E-state index is 12.3. The van der Waals surface area contributed by atoms with E-state index >= 15 is 0 Å². The summed E-state index contributed by atoms with van der Waals surface area (Å²) in [4.78, 5) is 14.3. The SMILES string of the molecule is CCC(CC)CN(CC)C(=O)CC1CSCCN1. The van der Waals surface area contributed by atoms with E-state index in [1.54, 1.807) is 0 Å². The number of thioether (sulfide) groups is 1. The fourth-order valence-corrected chi connectivity index (χ4v) is 3.31. The zero-order valence-electron chi connectivity index (χ0n) is 12.1. The fraction of sp³-hybridized carbons (Fsp3) is 0.929. The summed E-state index contributed by atoms with van der Waals surface area (Å²) in [5, 5.41) is 3.44. The predicted molar refractivity (Wildman–Crippen MR) is 80.1 cm³/mol. The van der Waals surface area contributed by atoms with Crippen LogP contribution < -0.4 is 5.32 Å². The highest BCUT2D eigenvalue weighted by atomic mass is 32.2. The molecule has 4 heteroatoms. The number of hydrogen-bond donors (Lipinski definition) is 1. The number of rotatable bonds is 7. The molecule has 1 unspecified atom stereocenters. The van der Waals surface area contributed by atoms with E-state index in [9.17, 15) is 4.79 Å². The summed E-state index contributed by atoms with van der Waals surface area (Å²) < 4.78 is 0. The van der Waals surface area contributed by atoms with Gasteiger partial charge in [-0.15, -0.1) is 0 Å². The summed E-state index contributed by atoms with van der Waals surface area (Å²) in [6.45, 7) is 9.33. The van der Waals surface area contributed by atoms with Crippen molar-refractivity contribution >= 4 is 17.7 Å². The molecule has 1 N–H and O–H groups in total. The van der Waals surface area contributed by atoms with Crippen molar-refractivity contribution < 1.29 is 4.79 Å². The zero-order valence-corrected chi connectivity index (χ0v) is 12.9. The van der Waals surface area contributed by atoms with Crippen molar-refractivity contribution in [1.29, 1.82) is 0 Å². The molecule has 1 amide bonds. The van der Waals surface area contributed by atoms with Crippen molar-refractivity contribution in [3.05, 3.63) is 0 Å². The molecule has 106 valence electrons. The van der Waals surface area contributed by atoms with Crippen molar-refractivity contribution in [3.8, 4) is 0 Å². The minimum Gasteiger partial charge on any atom is -0.343 e. The van der Waals surface area contributed by atoms with Gasteiger partial charge in [0.2, 0.25) is 5.91 Å². The first kappa shape index (κ1) is 15.8. The monoisotopic (exact) mass is 272 g/mol. The Morgan fingerprint density at radius 3 is 2.61 bits per heavy atom. The summed E-state index contributed by atoms with van der Waals surface area (Å²) in [6.07, 6.45) is 3.00. The van der Waals surface area contributed by atoms with Crippen molar-refractivity contribution in [2.24, 2.45) is 5.92 Å². The number of hydrogen-bond acceptors (Lipinski definition) is 3. The minimum absolute atomic E-state index is 0.324. The lowest BCUT2D eigenvalue weighted by Gasteiger charge is -2.29. The molecule has 0 aromatic heterocycles. The largest absolute Gasteiger partial charge is 0.343 e. The molecule has 1 heterocycles. The third kappa shape index (κ3) is 5.19. The third-order valence-corrected chi connectivity index (χ3v) is 4.92. The average Bonchev–Trinajstić information content (AvgIpc) is 2.41. The number of amides is 1. The molecule has 1 fully saturated rings. The van der Waals surface area contributed by atoms with Crippen LogP contribution in [0.3, 0.4) is 0 Å². The smallest absolute Gasteiger partial charge is 0.224 e. The normalized spacial score (nSPS) is 20.1. The Labute approximate surface area is 116 Å². The van der Waals surface area contributed by atoms with Gasteiger partial charge < -0.3 is 10.2 Å². The van der Waals surface area contributed by atoms with Gasteiger partial charge in [-0.2, -0.15) is 11.8 Å². The Morgan fingerprint density at radius 2 is 2.11 bits per heavy atom. The summed E-state index contributed by atoms with van der Waals surface area (Å²) in [7, 11) is 0. The van der Waals surface area contributed by atoms with Gasteiger partial charge in [-0.3, -0.25) is 4.79 Å². The number of carbonyl (C=O) groups is 1. The molecule has 0 spiro atoms. The quantitative estimate of drug-likeness (QED) is 0.772. The zero-order chi connectivity index (χ0) is 13.4. The predicted octanol–water partition coefficient (Wildman–Crippen LogP) is 2.37. The highest BCUT2D eigenvalue weighted by Gasteiger charge is 2.21. The topological polar surface area (TPSA) is 32.3 Å². The Morgan fingerprint density at radius 1 is 1.39 bits per heavy atom. The van der Waals surface area contributed by atoms with E-state index < -0.39 is 0 Å². The van der Waals surface area contributed by atoms with Crippen molar-refractivity contribution in [2.75, 3.05) is 31.1 Å². The van der Waals surface area contributed by atoms with Gasteiger partial charge in [-0.1, -0.05) is 26.7 Å². The molecule has 0 aliphatic carbocycles. The van der Waals surface area contributed by atoms with Crippen LogP contribution in [0.15, 0.2) is 0 Å². The van der Waals surface area contributed by atoms with Gasteiger partial charge in [0.1, 0.15) is 0 Å². The molecule has 1 aliphatic heterocycles. The summed E-state index contributed by atoms with van der Waals surface area (Å²) in [5.41, 5.74) is 0. The van der Waals surface area contributed by atoms with Gasteiger partial charge >= 0.3 is 0 Å². The summed E-state index contributed by atoms with van der Waals surface area (Å²) in [6, 6.07) is 0.381. The average molecular weight is 272 g/mol. The molecule has 18 heavy (non-hydrogen) atoms. The molecule has 1 rings (SSSR count). The molecule has 1 saturated heterocycles. The molecule has 0 aromatic carbocycles. The molecule has 0 saturated carbocycles. The van der Waals surface area contributed by atoms with Crippen molar-refractivity contribution in [2.45, 2.75) is 46.1 Å². The Bertz CT molecular complexity index is 238.